The molecule has 0 bridgehead atoms. The van der Waals surface area contributed by atoms with E-state index in [4.69, 9.17) is 9.15 Å². The third kappa shape index (κ3) is 6.14. The quantitative estimate of drug-likeness (QED) is 0.698. The van der Waals surface area contributed by atoms with Crippen molar-refractivity contribution in [3.05, 3.63) is 17.8 Å². The number of hydrogen-bond acceptors (Lipinski definition) is 5. The van der Waals surface area contributed by atoms with Crippen LogP contribution in [0.2, 0.25) is 0 Å². The Balaban J connectivity index is 2.09. The van der Waals surface area contributed by atoms with Crippen LogP contribution in [0.4, 0.5) is 0 Å². The Kier molecular flexibility index (Phi) is 6.93. The maximum absolute atomic E-state index is 9.65. The van der Waals surface area contributed by atoms with Crippen molar-refractivity contribution in [2.24, 2.45) is 5.92 Å². The van der Waals surface area contributed by atoms with Crippen LogP contribution in [0.15, 0.2) is 10.6 Å². The summed E-state index contributed by atoms with van der Waals surface area (Å²) in [6.07, 6.45) is 2.09. The number of nitrogens with zero attached hydrogens (tertiary/aromatic N) is 1. The van der Waals surface area contributed by atoms with Gasteiger partial charge < -0.3 is 19.6 Å². The van der Waals surface area contributed by atoms with Gasteiger partial charge in [-0.05, 0) is 5.92 Å². The molecule has 0 aliphatic heterocycles. The van der Waals surface area contributed by atoms with Crippen LogP contribution in [0.3, 0.4) is 0 Å². The van der Waals surface area contributed by atoms with Gasteiger partial charge in [0, 0.05) is 19.6 Å². The topological polar surface area (TPSA) is 67.5 Å². The van der Waals surface area contributed by atoms with E-state index in [1.165, 1.54) is 0 Å². The first-order chi connectivity index (χ1) is 8.61. The number of hydrogen-bond donors (Lipinski definition) is 2. The molecule has 18 heavy (non-hydrogen) atoms. The summed E-state index contributed by atoms with van der Waals surface area (Å²) in [6, 6.07) is 0. The van der Waals surface area contributed by atoms with E-state index < -0.39 is 6.10 Å². The number of oxazole rings is 1. The van der Waals surface area contributed by atoms with Gasteiger partial charge in [-0.2, -0.15) is 0 Å². The van der Waals surface area contributed by atoms with Crippen molar-refractivity contribution >= 4 is 0 Å². The monoisotopic (exact) mass is 256 g/mol. The molecule has 0 aliphatic rings. The van der Waals surface area contributed by atoms with Gasteiger partial charge in [-0.3, -0.25) is 0 Å². The van der Waals surface area contributed by atoms with Crippen LogP contribution in [0.5, 0.6) is 0 Å². The lowest BCUT2D eigenvalue weighted by Gasteiger charge is -2.12. The standard InChI is InChI=1S/C13H24N2O3/c1-4-12-6-15-13(18-12)7-14-5-11(16)9-17-8-10(2)3/h6,10-11,14,16H,4-5,7-9H2,1-3H3. The van der Waals surface area contributed by atoms with E-state index in [0.29, 0.717) is 38.1 Å². The number of aliphatic hydroxyl groups is 1. The van der Waals surface area contributed by atoms with E-state index >= 15 is 0 Å². The lowest BCUT2D eigenvalue weighted by Crippen LogP contribution is -2.30. The smallest absolute Gasteiger partial charge is 0.208 e. The summed E-state index contributed by atoms with van der Waals surface area (Å²) in [5, 5.41) is 12.7. The van der Waals surface area contributed by atoms with Crippen LogP contribution in [0.25, 0.3) is 0 Å². The van der Waals surface area contributed by atoms with Crippen LogP contribution in [0, 0.1) is 5.92 Å². The molecule has 0 saturated heterocycles. The van der Waals surface area contributed by atoms with Gasteiger partial charge in [0.2, 0.25) is 5.89 Å². The van der Waals surface area contributed by atoms with Crippen molar-refractivity contribution in [3.63, 3.8) is 0 Å². The Morgan fingerprint density at radius 2 is 2.22 bits per heavy atom. The van der Waals surface area contributed by atoms with E-state index in [9.17, 15) is 5.11 Å². The highest BCUT2D eigenvalue weighted by molar-refractivity contribution is 4.93. The van der Waals surface area contributed by atoms with Crippen molar-refractivity contribution < 1.29 is 14.3 Å². The van der Waals surface area contributed by atoms with E-state index in [2.05, 4.69) is 24.1 Å². The zero-order chi connectivity index (χ0) is 13.4. The maximum atomic E-state index is 9.65. The number of aromatic nitrogens is 1. The highest BCUT2D eigenvalue weighted by atomic mass is 16.5. The lowest BCUT2D eigenvalue weighted by molar-refractivity contribution is 0.0258. The van der Waals surface area contributed by atoms with Gasteiger partial charge in [0.1, 0.15) is 5.76 Å². The number of ether oxygens (including phenoxy) is 1. The minimum Gasteiger partial charge on any atom is -0.444 e. The number of aryl methyl sites for hydroxylation is 1. The van der Waals surface area contributed by atoms with Crippen molar-refractivity contribution in [3.8, 4) is 0 Å². The fourth-order valence-electron chi connectivity index (χ4n) is 1.44. The minimum atomic E-state index is -0.496. The van der Waals surface area contributed by atoms with E-state index in [-0.39, 0.29) is 0 Å². The van der Waals surface area contributed by atoms with Crippen molar-refractivity contribution in [1.29, 1.82) is 0 Å². The average Bonchev–Trinajstić information content (AvgIpc) is 2.76. The molecule has 5 nitrogen and oxygen atoms in total. The third-order valence-corrected chi connectivity index (χ3v) is 2.37. The molecule has 0 fully saturated rings. The highest BCUT2D eigenvalue weighted by Crippen LogP contribution is 2.03. The van der Waals surface area contributed by atoms with Crippen molar-refractivity contribution in [1.82, 2.24) is 10.3 Å². The summed E-state index contributed by atoms with van der Waals surface area (Å²) >= 11 is 0. The molecule has 0 amide bonds. The lowest BCUT2D eigenvalue weighted by atomic mass is 10.2. The van der Waals surface area contributed by atoms with Crippen LogP contribution in [-0.2, 0) is 17.7 Å². The minimum absolute atomic E-state index is 0.358. The van der Waals surface area contributed by atoms with E-state index in [1.54, 1.807) is 6.20 Å². The molecule has 1 aromatic heterocycles. The number of rotatable bonds is 9. The SMILES string of the molecule is CCc1cnc(CNCC(O)COCC(C)C)o1. The number of nitrogens with one attached hydrogen (secondary N) is 1. The third-order valence-electron chi connectivity index (χ3n) is 2.37. The first kappa shape index (κ1) is 15.1. The van der Waals surface area contributed by atoms with Gasteiger partial charge in [-0.1, -0.05) is 20.8 Å². The molecule has 1 atom stereocenters. The number of aliphatic hydroxyl groups excluding tert-OH is 1. The molecule has 5 heteroatoms. The van der Waals surface area contributed by atoms with Gasteiger partial charge in [-0.25, -0.2) is 4.98 Å². The zero-order valence-corrected chi connectivity index (χ0v) is 11.5. The summed E-state index contributed by atoms with van der Waals surface area (Å²) in [7, 11) is 0. The molecular weight excluding hydrogens is 232 g/mol. The fraction of sp³-hybridized carbons (Fsp3) is 0.769. The molecule has 1 heterocycles. The summed E-state index contributed by atoms with van der Waals surface area (Å²) < 4.78 is 10.8. The maximum Gasteiger partial charge on any atom is 0.208 e. The molecule has 0 saturated carbocycles. The summed E-state index contributed by atoms with van der Waals surface area (Å²) in [6.45, 7) is 8.22. The Hall–Kier alpha value is -0.910. The highest BCUT2D eigenvalue weighted by Gasteiger charge is 2.06. The van der Waals surface area contributed by atoms with Crippen LogP contribution >= 0.6 is 0 Å². The summed E-state index contributed by atoms with van der Waals surface area (Å²) in [5.74, 6) is 2.03. The Bertz CT molecular complexity index is 326. The molecule has 0 aliphatic carbocycles. The molecule has 1 unspecified atom stereocenters. The Morgan fingerprint density at radius 1 is 1.44 bits per heavy atom. The molecule has 0 spiro atoms. The van der Waals surface area contributed by atoms with Crippen molar-refractivity contribution in [2.75, 3.05) is 19.8 Å². The van der Waals surface area contributed by atoms with Crippen LogP contribution in [0.1, 0.15) is 32.4 Å². The molecule has 1 aromatic rings. The predicted molar refractivity (Wildman–Crippen MR) is 69.3 cm³/mol. The first-order valence-corrected chi connectivity index (χ1v) is 6.52. The molecule has 104 valence electrons. The second kappa shape index (κ2) is 8.24. The predicted octanol–water partition coefficient (Wildman–Crippen LogP) is 1.36. The normalized spacial score (nSPS) is 13.2. The van der Waals surface area contributed by atoms with E-state index in [0.717, 1.165) is 12.2 Å². The van der Waals surface area contributed by atoms with Gasteiger partial charge in [-0.15, -0.1) is 0 Å². The second-order valence-electron chi connectivity index (χ2n) is 4.79. The molecule has 1 rings (SSSR count). The Labute approximate surface area is 109 Å². The van der Waals surface area contributed by atoms with E-state index in [1.807, 2.05) is 6.92 Å². The Morgan fingerprint density at radius 3 is 2.83 bits per heavy atom. The molecular formula is C13H24N2O3. The average molecular weight is 256 g/mol. The molecule has 0 aromatic carbocycles. The van der Waals surface area contributed by atoms with Gasteiger partial charge in [0.15, 0.2) is 0 Å². The van der Waals surface area contributed by atoms with Gasteiger partial charge in [0.25, 0.3) is 0 Å². The van der Waals surface area contributed by atoms with Gasteiger partial charge >= 0.3 is 0 Å². The van der Waals surface area contributed by atoms with Crippen LogP contribution < -0.4 is 5.32 Å². The molecule has 0 radical (unpaired) electrons. The largest absolute Gasteiger partial charge is 0.444 e. The second-order valence-corrected chi connectivity index (χ2v) is 4.79. The molecule has 2 N–H and O–H groups in total. The fourth-order valence-corrected chi connectivity index (χ4v) is 1.44. The van der Waals surface area contributed by atoms with Crippen LogP contribution in [-0.4, -0.2) is 36.0 Å². The van der Waals surface area contributed by atoms with Gasteiger partial charge in [0.05, 0.1) is 25.5 Å². The summed E-state index contributed by atoms with van der Waals surface area (Å²) in [4.78, 5) is 4.13. The van der Waals surface area contributed by atoms with Crippen molar-refractivity contribution in [2.45, 2.75) is 39.8 Å². The first-order valence-electron chi connectivity index (χ1n) is 6.52. The zero-order valence-electron chi connectivity index (χ0n) is 11.5. The summed E-state index contributed by atoms with van der Waals surface area (Å²) in [5.41, 5.74) is 0.